The summed E-state index contributed by atoms with van der Waals surface area (Å²) in [6.45, 7) is 3.16. The van der Waals surface area contributed by atoms with Crippen LogP contribution in [0.1, 0.15) is 16.0 Å². The van der Waals surface area contributed by atoms with Crippen LogP contribution in [-0.4, -0.2) is 11.4 Å². The average molecular weight is 264 g/mol. The molecule has 2 aromatic rings. The van der Waals surface area contributed by atoms with Gasteiger partial charge in [-0.05, 0) is 35.1 Å². The van der Waals surface area contributed by atoms with E-state index in [2.05, 4.69) is 28.5 Å². The minimum Gasteiger partial charge on any atom is -0.294 e. The van der Waals surface area contributed by atoms with Crippen molar-refractivity contribution in [3.63, 3.8) is 0 Å². The number of fused-ring (bicyclic) bond motifs is 1. The Kier molecular flexibility index (Phi) is 3.19. The predicted molar refractivity (Wildman–Crippen MR) is 73.6 cm³/mol. The molecule has 0 bridgehead atoms. The summed E-state index contributed by atoms with van der Waals surface area (Å²) in [7, 11) is 0. The summed E-state index contributed by atoms with van der Waals surface area (Å²) in [6.07, 6.45) is 1.17. The maximum absolute atomic E-state index is 6.20. The van der Waals surface area contributed by atoms with Crippen molar-refractivity contribution >= 4 is 22.9 Å². The molecule has 1 aliphatic heterocycles. The summed E-state index contributed by atoms with van der Waals surface area (Å²) in [5, 5.41) is 3.08. The Labute approximate surface area is 111 Å². The molecule has 0 amide bonds. The Morgan fingerprint density at radius 1 is 1.24 bits per heavy atom. The molecule has 88 valence electrons. The zero-order valence-corrected chi connectivity index (χ0v) is 11.1. The van der Waals surface area contributed by atoms with Gasteiger partial charge in [-0.3, -0.25) is 4.90 Å². The van der Waals surface area contributed by atoms with Crippen molar-refractivity contribution in [2.75, 3.05) is 6.54 Å². The van der Waals surface area contributed by atoms with Gasteiger partial charge in [0.2, 0.25) is 0 Å². The van der Waals surface area contributed by atoms with Crippen LogP contribution in [0.4, 0.5) is 0 Å². The average Bonchev–Trinajstić information content (AvgIpc) is 2.79. The van der Waals surface area contributed by atoms with E-state index >= 15 is 0 Å². The van der Waals surface area contributed by atoms with Crippen molar-refractivity contribution in [1.29, 1.82) is 0 Å². The highest BCUT2D eigenvalue weighted by atomic mass is 35.5. The van der Waals surface area contributed by atoms with Crippen LogP contribution in [-0.2, 0) is 19.5 Å². The lowest BCUT2D eigenvalue weighted by Crippen LogP contribution is -2.29. The first-order chi connectivity index (χ1) is 8.33. The number of hydrogen-bond donors (Lipinski definition) is 0. The van der Waals surface area contributed by atoms with Gasteiger partial charge in [0.25, 0.3) is 0 Å². The number of benzene rings is 1. The SMILES string of the molecule is Clc1ccccc1CN1CCc2ccsc2C1. The van der Waals surface area contributed by atoms with Crippen molar-refractivity contribution < 1.29 is 0 Å². The third-order valence-electron chi connectivity index (χ3n) is 3.25. The molecular weight excluding hydrogens is 250 g/mol. The quantitative estimate of drug-likeness (QED) is 0.793. The Hall–Kier alpha value is -0.830. The number of halogens is 1. The third kappa shape index (κ3) is 2.39. The standard InChI is InChI=1S/C14H14ClNS/c15-13-4-2-1-3-12(13)9-16-7-5-11-6-8-17-14(11)10-16/h1-4,6,8H,5,7,9-10H2. The fourth-order valence-corrected chi connectivity index (χ4v) is 3.46. The molecular formula is C14H14ClNS. The van der Waals surface area contributed by atoms with Gasteiger partial charge in [-0.15, -0.1) is 11.3 Å². The van der Waals surface area contributed by atoms with Gasteiger partial charge < -0.3 is 0 Å². The zero-order valence-electron chi connectivity index (χ0n) is 9.53. The summed E-state index contributed by atoms with van der Waals surface area (Å²) >= 11 is 8.07. The van der Waals surface area contributed by atoms with E-state index in [1.807, 2.05) is 23.5 Å². The topological polar surface area (TPSA) is 3.24 Å². The van der Waals surface area contributed by atoms with E-state index in [1.54, 1.807) is 0 Å². The summed E-state index contributed by atoms with van der Waals surface area (Å²) in [5.41, 5.74) is 2.76. The summed E-state index contributed by atoms with van der Waals surface area (Å²) in [6, 6.07) is 10.4. The molecule has 0 fully saturated rings. The summed E-state index contributed by atoms with van der Waals surface area (Å²) < 4.78 is 0. The van der Waals surface area contributed by atoms with E-state index in [9.17, 15) is 0 Å². The van der Waals surface area contributed by atoms with Crippen LogP contribution >= 0.6 is 22.9 Å². The van der Waals surface area contributed by atoms with Crippen LogP contribution in [0.15, 0.2) is 35.7 Å². The zero-order chi connectivity index (χ0) is 11.7. The van der Waals surface area contributed by atoms with Gasteiger partial charge in [-0.25, -0.2) is 0 Å². The van der Waals surface area contributed by atoms with E-state index in [-0.39, 0.29) is 0 Å². The molecule has 0 unspecified atom stereocenters. The Bertz CT molecular complexity index is 520. The summed E-state index contributed by atoms with van der Waals surface area (Å²) in [5.74, 6) is 0. The van der Waals surface area contributed by atoms with Crippen LogP contribution in [0.3, 0.4) is 0 Å². The van der Waals surface area contributed by atoms with E-state index in [0.717, 1.165) is 24.7 Å². The van der Waals surface area contributed by atoms with Crippen molar-refractivity contribution in [3.05, 3.63) is 56.7 Å². The van der Waals surface area contributed by atoms with Gasteiger partial charge >= 0.3 is 0 Å². The molecule has 0 N–H and O–H groups in total. The first kappa shape index (κ1) is 11.3. The van der Waals surface area contributed by atoms with Crippen LogP contribution < -0.4 is 0 Å². The molecule has 0 atom stereocenters. The van der Waals surface area contributed by atoms with Crippen molar-refractivity contribution in [2.24, 2.45) is 0 Å². The lowest BCUT2D eigenvalue weighted by atomic mass is 10.1. The predicted octanol–water partition coefficient (Wildman–Crippen LogP) is 3.96. The van der Waals surface area contributed by atoms with Gasteiger partial charge in [0, 0.05) is 29.5 Å². The Morgan fingerprint density at radius 2 is 2.12 bits per heavy atom. The summed E-state index contributed by atoms with van der Waals surface area (Å²) in [4.78, 5) is 3.99. The van der Waals surface area contributed by atoms with E-state index in [4.69, 9.17) is 11.6 Å². The molecule has 17 heavy (non-hydrogen) atoms. The van der Waals surface area contributed by atoms with Crippen molar-refractivity contribution in [3.8, 4) is 0 Å². The van der Waals surface area contributed by atoms with Crippen molar-refractivity contribution in [2.45, 2.75) is 19.5 Å². The lowest BCUT2D eigenvalue weighted by molar-refractivity contribution is 0.249. The number of thiophene rings is 1. The third-order valence-corrected chi connectivity index (χ3v) is 4.57. The molecule has 1 nitrogen and oxygen atoms in total. The first-order valence-corrected chi connectivity index (χ1v) is 7.10. The second-order valence-electron chi connectivity index (χ2n) is 4.42. The van der Waals surface area contributed by atoms with Gasteiger partial charge in [0.15, 0.2) is 0 Å². The highest BCUT2D eigenvalue weighted by Crippen LogP contribution is 2.26. The smallest absolute Gasteiger partial charge is 0.0451 e. The lowest BCUT2D eigenvalue weighted by Gasteiger charge is -2.27. The number of nitrogens with zero attached hydrogens (tertiary/aromatic N) is 1. The molecule has 0 saturated heterocycles. The first-order valence-electron chi connectivity index (χ1n) is 5.84. The molecule has 3 rings (SSSR count). The molecule has 0 aliphatic carbocycles. The minimum absolute atomic E-state index is 0.879. The maximum Gasteiger partial charge on any atom is 0.0451 e. The van der Waals surface area contributed by atoms with E-state index in [1.165, 1.54) is 22.4 Å². The molecule has 3 heteroatoms. The fourth-order valence-electron chi connectivity index (χ4n) is 2.29. The monoisotopic (exact) mass is 263 g/mol. The Morgan fingerprint density at radius 3 is 3.00 bits per heavy atom. The van der Waals surface area contributed by atoms with Crippen molar-refractivity contribution in [1.82, 2.24) is 4.90 Å². The molecule has 0 saturated carbocycles. The fraction of sp³-hybridized carbons (Fsp3) is 0.286. The van der Waals surface area contributed by atoms with E-state index < -0.39 is 0 Å². The van der Waals surface area contributed by atoms with Crippen LogP contribution in [0, 0.1) is 0 Å². The normalized spacial score (nSPS) is 15.8. The van der Waals surface area contributed by atoms with Gasteiger partial charge in [-0.2, -0.15) is 0 Å². The number of rotatable bonds is 2. The highest BCUT2D eigenvalue weighted by Gasteiger charge is 2.17. The second-order valence-corrected chi connectivity index (χ2v) is 5.83. The minimum atomic E-state index is 0.879. The molecule has 0 radical (unpaired) electrons. The maximum atomic E-state index is 6.20. The van der Waals surface area contributed by atoms with Gasteiger partial charge in [-0.1, -0.05) is 29.8 Å². The van der Waals surface area contributed by atoms with Gasteiger partial charge in [0.05, 0.1) is 0 Å². The molecule has 2 heterocycles. The Balaban J connectivity index is 1.74. The van der Waals surface area contributed by atoms with Crippen LogP contribution in [0.5, 0.6) is 0 Å². The van der Waals surface area contributed by atoms with Gasteiger partial charge in [0.1, 0.15) is 0 Å². The number of hydrogen-bond acceptors (Lipinski definition) is 2. The highest BCUT2D eigenvalue weighted by molar-refractivity contribution is 7.10. The molecule has 1 aromatic carbocycles. The van der Waals surface area contributed by atoms with E-state index in [0.29, 0.717) is 0 Å². The second kappa shape index (κ2) is 4.81. The van der Waals surface area contributed by atoms with Crippen LogP contribution in [0.2, 0.25) is 5.02 Å². The van der Waals surface area contributed by atoms with Crippen LogP contribution in [0.25, 0.3) is 0 Å². The molecule has 0 spiro atoms. The molecule has 1 aliphatic rings. The molecule has 1 aromatic heterocycles. The largest absolute Gasteiger partial charge is 0.294 e.